The zero-order valence-corrected chi connectivity index (χ0v) is 13.8. The third-order valence-corrected chi connectivity index (χ3v) is 4.44. The topological polar surface area (TPSA) is 70.1 Å². The number of rotatable bonds is 3. The average molecular weight is 332 g/mol. The van der Waals surface area contributed by atoms with Crippen molar-refractivity contribution in [1.82, 2.24) is 29.6 Å². The maximum atomic E-state index is 5.57. The van der Waals surface area contributed by atoms with Crippen molar-refractivity contribution in [3.05, 3.63) is 59.7 Å². The minimum Gasteiger partial charge on any atom is -0.493 e. The first kappa shape index (κ1) is 14.2. The Balaban J connectivity index is 1.52. The van der Waals surface area contributed by atoms with E-state index in [2.05, 4.69) is 27.4 Å². The number of aromatic nitrogens is 6. The van der Waals surface area contributed by atoms with Crippen LogP contribution < -0.4 is 4.74 Å². The molecule has 0 aliphatic carbocycles. The summed E-state index contributed by atoms with van der Waals surface area (Å²) in [7, 11) is 1.89. The molecule has 124 valence electrons. The van der Waals surface area contributed by atoms with Crippen LogP contribution in [0.4, 0.5) is 0 Å². The Morgan fingerprint density at radius 1 is 1.16 bits per heavy atom. The zero-order chi connectivity index (χ0) is 16.8. The summed E-state index contributed by atoms with van der Waals surface area (Å²) in [6.07, 6.45) is 5.39. The molecule has 0 amide bonds. The third kappa shape index (κ3) is 2.44. The van der Waals surface area contributed by atoms with Crippen LogP contribution in [0.25, 0.3) is 16.9 Å². The fraction of sp³-hybridized carbons (Fsp3) is 0.222. The fourth-order valence-corrected chi connectivity index (χ4v) is 3.18. The summed E-state index contributed by atoms with van der Waals surface area (Å²) >= 11 is 0. The lowest BCUT2D eigenvalue weighted by atomic mass is 10.1. The van der Waals surface area contributed by atoms with E-state index in [1.54, 1.807) is 10.9 Å². The Morgan fingerprint density at radius 3 is 3.00 bits per heavy atom. The second kappa shape index (κ2) is 5.41. The Labute approximate surface area is 143 Å². The zero-order valence-electron chi connectivity index (χ0n) is 13.8. The molecule has 7 heteroatoms. The van der Waals surface area contributed by atoms with Crippen LogP contribution in [0.15, 0.2) is 42.7 Å². The fourth-order valence-electron chi connectivity index (χ4n) is 3.18. The van der Waals surface area contributed by atoms with Crippen LogP contribution >= 0.6 is 0 Å². The van der Waals surface area contributed by atoms with E-state index in [0.29, 0.717) is 6.42 Å². The maximum absolute atomic E-state index is 5.57. The van der Waals surface area contributed by atoms with Crippen molar-refractivity contribution in [2.24, 2.45) is 7.05 Å². The van der Waals surface area contributed by atoms with E-state index < -0.39 is 0 Å². The number of fused-ring (bicyclic) bond motifs is 2. The van der Waals surface area contributed by atoms with Gasteiger partial charge in [0, 0.05) is 31.6 Å². The van der Waals surface area contributed by atoms with Crippen molar-refractivity contribution >= 4 is 5.65 Å². The van der Waals surface area contributed by atoms with E-state index in [4.69, 9.17) is 9.84 Å². The van der Waals surface area contributed by atoms with Crippen molar-refractivity contribution in [3.63, 3.8) is 0 Å². The van der Waals surface area contributed by atoms with Crippen molar-refractivity contribution in [2.75, 3.05) is 6.61 Å². The first-order valence-corrected chi connectivity index (χ1v) is 8.21. The molecule has 4 heterocycles. The predicted octanol–water partition coefficient (Wildman–Crippen LogP) is 2.05. The van der Waals surface area contributed by atoms with Crippen molar-refractivity contribution < 1.29 is 4.74 Å². The lowest BCUT2D eigenvalue weighted by Gasteiger charge is -2.04. The van der Waals surface area contributed by atoms with Crippen LogP contribution in [0, 0.1) is 0 Å². The largest absolute Gasteiger partial charge is 0.493 e. The van der Waals surface area contributed by atoms with Gasteiger partial charge in [-0.3, -0.25) is 4.68 Å². The minimum absolute atomic E-state index is 0.679. The number of nitrogens with zero attached hydrogens (tertiary/aromatic N) is 6. The molecule has 0 unspecified atom stereocenters. The lowest BCUT2D eigenvalue weighted by molar-refractivity contribution is 0.357. The van der Waals surface area contributed by atoms with Gasteiger partial charge in [0.15, 0.2) is 11.5 Å². The summed E-state index contributed by atoms with van der Waals surface area (Å²) in [6, 6.07) is 10.2. The SMILES string of the molecule is Cn1cc(-c2ccc3nnc(Cc4ccc5c(c4)CCO5)n3n2)cn1. The second-order valence-electron chi connectivity index (χ2n) is 6.22. The van der Waals surface area contributed by atoms with Crippen LogP contribution in [0.1, 0.15) is 17.0 Å². The van der Waals surface area contributed by atoms with Crippen molar-refractivity contribution in [3.8, 4) is 17.0 Å². The summed E-state index contributed by atoms with van der Waals surface area (Å²) in [5.74, 6) is 1.81. The van der Waals surface area contributed by atoms with E-state index in [-0.39, 0.29) is 0 Å². The molecule has 0 atom stereocenters. The van der Waals surface area contributed by atoms with Gasteiger partial charge < -0.3 is 4.74 Å². The van der Waals surface area contributed by atoms with E-state index in [1.807, 2.05) is 36.0 Å². The van der Waals surface area contributed by atoms with Gasteiger partial charge in [-0.15, -0.1) is 10.2 Å². The first-order valence-electron chi connectivity index (χ1n) is 8.21. The molecule has 1 aromatic carbocycles. The molecule has 4 aromatic rings. The number of ether oxygens (including phenoxy) is 1. The molecule has 3 aromatic heterocycles. The molecule has 0 bridgehead atoms. The molecule has 25 heavy (non-hydrogen) atoms. The highest BCUT2D eigenvalue weighted by Crippen LogP contribution is 2.26. The molecule has 0 spiro atoms. The van der Waals surface area contributed by atoms with Gasteiger partial charge in [0.05, 0.1) is 18.5 Å². The van der Waals surface area contributed by atoms with Gasteiger partial charge in [-0.05, 0) is 29.3 Å². The van der Waals surface area contributed by atoms with Crippen molar-refractivity contribution in [1.29, 1.82) is 0 Å². The van der Waals surface area contributed by atoms with Crippen LogP contribution in [0.2, 0.25) is 0 Å². The second-order valence-corrected chi connectivity index (χ2v) is 6.22. The highest BCUT2D eigenvalue weighted by atomic mass is 16.5. The third-order valence-electron chi connectivity index (χ3n) is 4.44. The van der Waals surface area contributed by atoms with Crippen LogP contribution in [-0.2, 0) is 19.9 Å². The van der Waals surface area contributed by atoms with E-state index in [1.165, 1.54) is 11.1 Å². The van der Waals surface area contributed by atoms with Crippen molar-refractivity contribution in [2.45, 2.75) is 12.8 Å². The molecular weight excluding hydrogens is 316 g/mol. The van der Waals surface area contributed by atoms with E-state index in [9.17, 15) is 0 Å². The Bertz CT molecular complexity index is 1080. The number of aryl methyl sites for hydroxylation is 1. The summed E-state index contributed by atoms with van der Waals surface area (Å²) in [6.45, 7) is 0.767. The smallest absolute Gasteiger partial charge is 0.177 e. The van der Waals surface area contributed by atoms with Gasteiger partial charge in [0.25, 0.3) is 0 Å². The first-order chi connectivity index (χ1) is 12.3. The molecule has 1 aliphatic heterocycles. The monoisotopic (exact) mass is 332 g/mol. The average Bonchev–Trinajstić information content (AvgIpc) is 3.34. The van der Waals surface area contributed by atoms with Gasteiger partial charge >= 0.3 is 0 Å². The molecular formula is C18H16N6O. The molecule has 7 nitrogen and oxygen atoms in total. The predicted molar refractivity (Wildman–Crippen MR) is 91.4 cm³/mol. The van der Waals surface area contributed by atoms with Crippen LogP contribution in [-0.4, -0.2) is 36.2 Å². The molecule has 0 fully saturated rings. The van der Waals surface area contributed by atoms with Gasteiger partial charge in [-0.1, -0.05) is 12.1 Å². The minimum atomic E-state index is 0.679. The summed E-state index contributed by atoms with van der Waals surface area (Å²) in [5.41, 5.74) is 5.01. The van der Waals surface area contributed by atoms with E-state index in [0.717, 1.165) is 41.5 Å². The van der Waals surface area contributed by atoms with Gasteiger partial charge in [-0.25, -0.2) is 0 Å². The van der Waals surface area contributed by atoms with E-state index >= 15 is 0 Å². The number of benzene rings is 1. The molecule has 0 N–H and O–H groups in total. The Hall–Kier alpha value is -3.22. The molecule has 1 aliphatic rings. The number of hydrogen-bond acceptors (Lipinski definition) is 5. The summed E-state index contributed by atoms with van der Waals surface area (Å²) in [4.78, 5) is 0. The van der Waals surface area contributed by atoms with Crippen LogP contribution in [0.5, 0.6) is 5.75 Å². The Morgan fingerprint density at radius 2 is 2.12 bits per heavy atom. The standard InChI is InChI=1S/C18H16N6O/c1-23-11-14(10-19-23)15-3-5-17-20-21-18(24(17)22-15)9-12-2-4-16-13(8-12)6-7-25-16/h2-5,8,10-11H,6-7,9H2,1H3. The van der Waals surface area contributed by atoms with Gasteiger partial charge in [-0.2, -0.15) is 14.7 Å². The normalized spacial score (nSPS) is 13.2. The lowest BCUT2D eigenvalue weighted by Crippen LogP contribution is -2.01. The maximum Gasteiger partial charge on any atom is 0.177 e. The number of hydrogen-bond donors (Lipinski definition) is 0. The molecule has 0 saturated heterocycles. The van der Waals surface area contributed by atoms with Gasteiger partial charge in [0.1, 0.15) is 5.75 Å². The Kier molecular flexibility index (Phi) is 3.06. The summed E-state index contributed by atoms with van der Waals surface area (Å²) in [5, 5.41) is 17.5. The van der Waals surface area contributed by atoms with Crippen LogP contribution in [0.3, 0.4) is 0 Å². The quantitative estimate of drug-likeness (QED) is 0.574. The summed E-state index contributed by atoms with van der Waals surface area (Å²) < 4.78 is 9.15. The molecule has 0 radical (unpaired) electrons. The highest BCUT2D eigenvalue weighted by Gasteiger charge is 2.14. The molecule has 5 rings (SSSR count). The van der Waals surface area contributed by atoms with Gasteiger partial charge in [0.2, 0.25) is 0 Å². The molecule has 0 saturated carbocycles. The highest BCUT2D eigenvalue weighted by molar-refractivity contribution is 5.58.